The van der Waals surface area contributed by atoms with Crippen LogP contribution < -0.4 is 5.32 Å². The van der Waals surface area contributed by atoms with Gasteiger partial charge in [-0.25, -0.2) is 4.79 Å². The fraction of sp³-hybridized carbons (Fsp3) is 0.571. The lowest BCUT2D eigenvalue weighted by molar-refractivity contribution is 0.0393. The number of amides is 3. The number of benzene rings is 1. The van der Waals surface area contributed by atoms with Crippen molar-refractivity contribution in [3.63, 3.8) is 0 Å². The largest absolute Gasteiger partial charge is 0.444 e. The van der Waals surface area contributed by atoms with Crippen LogP contribution in [0.5, 0.6) is 0 Å². The zero-order valence-corrected chi connectivity index (χ0v) is 16.8. The predicted molar refractivity (Wildman–Crippen MR) is 101 cm³/mol. The fourth-order valence-electron chi connectivity index (χ4n) is 3.90. The van der Waals surface area contributed by atoms with Gasteiger partial charge < -0.3 is 10.1 Å². The maximum Gasteiger partial charge on any atom is 0.407 e. The number of nitrogens with zero attached hydrogens (tertiary/aromatic N) is 1. The summed E-state index contributed by atoms with van der Waals surface area (Å²) in [5.74, 6) is -0.452. The zero-order chi connectivity index (χ0) is 20.1. The monoisotopic (exact) mass is 372 g/mol. The second kappa shape index (κ2) is 6.36. The summed E-state index contributed by atoms with van der Waals surface area (Å²) in [6, 6.07) is 6.03. The average Bonchev–Trinajstić information content (AvgIpc) is 3.08. The van der Waals surface area contributed by atoms with Gasteiger partial charge >= 0.3 is 6.09 Å². The molecular formula is C21H28N2O4. The van der Waals surface area contributed by atoms with Gasteiger partial charge in [-0.2, -0.15) is 0 Å². The molecule has 2 aliphatic rings. The van der Waals surface area contributed by atoms with E-state index < -0.39 is 23.8 Å². The maximum atomic E-state index is 13.0. The first-order valence-electron chi connectivity index (χ1n) is 9.39. The van der Waals surface area contributed by atoms with Crippen LogP contribution in [0.4, 0.5) is 4.79 Å². The first-order valence-corrected chi connectivity index (χ1v) is 9.39. The molecule has 0 spiro atoms. The molecule has 6 nitrogen and oxygen atoms in total. The Morgan fingerprint density at radius 1 is 1.19 bits per heavy atom. The van der Waals surface area contributed by atoms with Crippen LogP contribution >= 0.6 is 0 Å². The van der Waals surface area contributed by atoms with E-state index >= 15 is 0 Å². The molecule has 1 aliphatic carbocycles. The Kier molecular flexibility index (Phi) is 4.57. The molecule has 1 aromatic rings. The molecule has 0 radical (unpaired) electrons. The number of nitrogens with one attached hydrogen (secondary N) is 1. The summed E-state index contributed by atoms with van der Waals surface area (Å²) in [6.45, 7) is 11.4. The number of hydrogen-bond donors (Lipinski definition) is 1. The molecule has 0 aromatic heterocycles. The van der Waals surface area contributed by atoms with Crippen molar-refractivity contribution < 1.29 is 19.1 Å². The fourth-order valence-corrected chi connectivity index (χ4v) is 3.90. The van der Waals surface area contributed by atoms with Crippen LogP contribution in [0.3, 0.4) is 0 Å². The van der Waals surface area contributed by atoms with E-state index in [4.69, 9.17) is 4.74 Å². The van der Waals surface area contributed by atoms with E-state index in [-0.39, 0.29) is 23.1 Å². The van der Waals surface area contributed by atoms with E-state index in [9.17, 15) is 14.4 Å². The number of hydrogen-bond acceptors (Lipinski definition) is 4. The van der Waals surface area contributed by atoms with Crippen LogP contribution in [0.1, 0.15) is 68.7 Å². The van der Waals surface area contributed by atoms with Gasteiger partial charge in [0.05, 0.1) is 23.2 Å². The van der Waals surface area contributed by atoms with E-state index in [2.05, 4.69) is 19.2 Å². The van der Waals surface area contributed by atoms with Crippen molar-refractivity contribution in [3.05, 3.63) is 35.4 Å². The molecule has 1 aliphatic heterocycles. The Morgan fingerprint density at radius 2 is 1.67 bits per heavy atom. The van der Waals surface area contributed by atoms with Crippen LogP contribution in [0.2, 0.25) is 0 Å². The third-order valence-corrected chi connectivity index (χ3v) is 5.38. The Morgan fingerprint density at radius 3 is 2.07 bits per heavy atom. The minimum absolute atomic E-state index is 0.0177. The quantitative estimate of drug-likeness (QED) is 0.819. The second-order valence-corrected chi connectivity index (χ2v) is 9.25. The van der Waals surface area contributed by atoms with Crippen molar-refractivity contribution in [2.24, 2.45) is 11.3 Å². The van der Waals surface area contributed by atoms with Crippen molar-refractivity contribution in [2.75, 3.05) is 0 Å². The lowest BCUT2D eigenvalue weighted by atomic mass is 9.96. The average molecular weight is 372 g/mol. The molecule has 146 valence electrons. The van der Waals surface area contributed by atoms with Gasteiger partial charge in [0.2, 0.25) is 0 Å². The molecule has 1 fully saturated rings. The molecule has 2 unspecified atom stereocenters. The van der Waals surface area contributed by atoms with E-state index in [1.165, 1.54) is 4.90 Å². The molecule has 1 saturated carbocycles. The standard InChI is InChI=1S/C21H28N2O4/c1-12(22-19(26)27-20(2,3)4)16(15-11-21(15,5)6)23-17(24)13-9-7-8-10-14(13)18(23)25/h7-10,12,15-16H,11H2,1-6H3,(H,22,26)/t12-,15?,16?/m0/s1. The highest BCUT2D eigenvalue weighted by Crippen LogP contribution is 2.56. The van der Waals surface area contributed by atoms with Gasteiger partial charge in [-0.15, -0.1) is 0 Å². The van der Waals surface area contributed by atoms with Gasteiger partial charge in [0.1, 0.15) is 5.60 Å². The molecular weight excluding hydrogens is 344 g/mol. The predicted octanol–water partition coefficient (Wildman–Crippen LogP) is 3.61. The molecule has 3 amide bonds. The Bertz CT molecular complexity index is 759. The van der Waals surface area contributed by atoms with Crippen LogP contribution in [0.15, 0.2) is 24.3 Å². The summed E-state index contributed by atoms with van der Waals surface area (Å²) in [6.07, 6.45) is 0.348. The van der Waals surface area contributed by atoms with E-state index in [0.717, 1.165) is 6.42 Å². The van der Waals surface area contributed by atoms with Crippen LogP contribution in [0, 0.1) is 11.3 Å². The van der Waals surface area contributed by atoms with E-state index in [1.807, 2.05) is 6.92 Å². The third-order valence-electron chi connectivity index (χ3n) is 5.38. The number of ether oxygens (including phenoxy) is 1. The van der Waals surface area contributed by atoms with Crippen LogP contribution in [-0.4, -0.2) is 40.5 Å². The highest BCUT2D eigenvalue weighted by molar-refractivity contribution is 6.21. The molecule has 3 atom stereocenters. The van der Waals surface area contributed by atoms with Gasteiger partial charge in [-0.05, 0) is 57.6 Å². The maximum absolute atomic E-state index is 13.0. The number of imide groups is 1. The van der Waals surface area contributed by atoms with Crippen molar-refractivity contribution >= 4 is 17.9 Å². The highest BCUT2D eigenvalue weighted by atomic mass is 16.6. The molecule has 1 heterocycles. The minimum Gasteiger partial charge on any atom is -0.444 e. The number of carbonyl (C=O) groups is 3. The molecule has 1 aromatic carbocycles. The number of alkyl carbamates (subject to hydrolysis) is 1. The zero-order valence-electron chi connectivity index (χ0n) is 16.8. The van der Waals surface area contributed by atoms with Crippen LogP contribution in [-0.2, 0) is 4.74 Å². The van der Waals surface area contributed by atoms with E-state index in [1.54, 1.807) is 45.0 Å². The first-order chi connectivity index (χ1) is 12.4. The third kappa shape index (κ3) is 3.70. The van der Waals surface area contributed by atoms with Crippen molar-refractivity contribution in [3.8, 4) is 0 Å². The van der Waals surface area contributed by atoms with Crippen LogP contribution in [0.25, 0.3) is 0 Å². The lowest BCUT2D eigenvalue weighted by Gasteiger charge is -2.33. The molecule has 27 heavy (non-hydrogen) atoms. The van der Waals surface area contributed by atoms with Gasteiger partial charge in [0, 0.05) is 0 Å². The SMILES string of the molecule is C[C@H](NC(=O)OC(C)(C)C)C(C1CC1(C)C)N1C(=O)c2ccccc2C1=O. The summed E-state index contributed by atoms with van der Waals surface area (Å²) in [4.78, 5) is 39.5. The van der Waals surface area contributed by atoms with Crippen molar-refractivity contribution in [1.29, 1.82) is 0 Å². The highest BCUT2D eigenvalue weighted by Gasteiger charge is 2.57. The van der Waals surface area contributed by atoms with Gasteiger partial charge in [0.15, 0.2) is 0 Å². The van der Waals surface area contributed by atoms with Crippen molar-refractivity contribution in [1.82, 2.24) is 10.2 Å². The Labute approximate surface area is 160 Å². The first kappa shape index (κ1) is 19.4. The molecule has 3 rings (SSSR count). The summed E-state index contributed by atoms with van der Waals surface area (Å²) >= 11 is 0. The summed E-state index contributed by atoms with van der Waals surface area (Å²) in [5, 5.41) is 2.83. The lowest BCUT2D eigenvalue weighted by Crippen LogP contribution is -2.54. The summed E-state index contributed by atoms with van der Waals surface area (Å²) in [7, 11) is 0. The smallest absolute Gasteiger partial charge is 0.407 e. The summed E-state index contributed by atoms with van der Waals surface area (Å²) in [5.41, 5.74) is 0.253. The normalized spacial score (nSPS) is 22.9. The molecule has 0 bridgehead atoms. The van der Waals surface area contributed by atoms with E-state index in [0.29, 0.717) is 11.1 Å². The van der Waals surface area contributed by atoms with Gasteiger partial charge in [0.25, 0.3) is 11.8 Å². The van der Waals surface area contributed by atoms with Gasteiger partial charge in [-0.1, -0.05) is 26.0 Å². The number of rotatable bonds is 4. The second-order valence-electron chi connectivity index (χ2n) is 9.25. The Hall–Kier alpha value is -2.37. The molecule has 0 saturated heterocycles. The molecule has 1 N–H and O–H groups in total. The number of carbonyl (C=O) groups excluding carboxylic acids is 3. The topological polar surface area (TPSA) is 75.7 Å². The Balaban J connectivity index is 1.86. The number of fused-ring (bicyclic) bond motifs is 1. The molecule has 6 heteroatoms. The summed E-state index contributed by atoms with van der Waals surface area (Å²) < 4.78 is 5.35. The minimum atomic E-state index is -0.617. The van der Waals surface area contributed by atoms with Crippen molar-refractivity contribution in [2.45, 2.75) is 65.6 Å². The van der Waals surface area contributed by atoms with Gasteiger partial charge in [-0.3, -0.25) is 14.5 Å².